The summed E-state index contributed by atoms with van der Waals surface area (Å²) in [6, 6.07) is 4.68. The van der Waals surface area contributed by atoms with Crippen molar-refractivity contribution < 1.29 is 12.8 Å². The number of likely N-dealkylation sites (tertiary alicyclic amines) is 1. The van der Waals surface area contributed by atoms with Crippen LogP contribution >= 0.6 is 24.0 Å². The van der Waals surface area contributed by atoms with Gasteiger partial charge in [0.15, 0.2) is 15.8 Å². The molecule has 0 bridgehead atoms. The lowest BCUT2D eigenvalue weighted by Gasteiger charge is -2.35. The first-order valence-electron chi connectivity index (χ1n) is 9.46. The van der Waals surface area contributed by atoms with Crippen molar-refractivity contribution in [3.05, 3.63) is 35.1 Å². The molecule has 2 N–H and O–H groups in total. The average Bonchev–Trinajstić information content (AvgIpc) is 2.63. The molecular weight excluding hydrogens is 494 g/mol. The van der Waals surface area contributed by atoms with Gasteiger partial charge in [0.05, 0.1) is 5.75 Å². The highest BCUT2D eigenvalue weighted by Gasteiger charge is 2.21. The summed E-state index contributed by atoms with van der Waals surface area (Å²) >= 11 is 0. The summed E-state index contributed by atoms with van der Waals surface area (Å²) < 4.78 is 36.9. The summed E-state index contributed by atoms with van der Waals surface area (Å²) in [6.45, 7) is 5.46. The van der Waals surface area contributed by atoms with Gasteiger partial charge in [-0.3, -0.25) is 9.89 Å². The van der Waals surface area contributed by atoms with E-state index < -0.39 is 9.84 Å². The number of likely N-dealkylation sites (N-methyl/N-ethyl adjacent to an activating group) is 1. The molecule has 1 aromatic carbocycles. The summed E-state index contributed by atoms with van der Waals surface area (Å²) in [5.74, 6) is 0.142. The zero-order valence-electron chi connectivity index (χ0n) is 16.9. The third-order valence-corrected chi connectivity index (χ3v) is 5.75. The second kappa shape index (κ2) is 11.9. The standard InChI is InChI=1S/C19H31FN4O2S.HI/c1-4-24-10-6-5-7-18(24)13-23-19(21-2)22-12-16-11-17(20)9-8-15(16)14-27(3,25)26;/h8-9,11,18H,4-7,10,12-14H2,1-3H3,(H2,21,22,23);1H. The van der Waals surface area contributed by atoms with E-state index in [1.165, 1.54) is 43.7 Å². The monoisotopic (exact) mass is 526 g/mol. The number of guanidine groups is 1. The molecule has 1 heterocycles. The summed E-state index contributed by atoms with van der Waals surface area (Å²) in [5.41, 5.74) is 1.22. The third-order valence-electron chi connectivity index (χ3n) is 4.92. The van der Waals surface area contributed by atoms with E-state index in [1.807, 2.05) is 0 Å². The number of rotatable bonds is 7. The van der Waals surface area contributed by atoms with Crippen LogP contribution in [0, 0.1) is 5.82 Å². The first-order valence-corrected chi connectivity index (χ1v) is 11.5. The maximum absolute atomic E-state index is 13.6. The molecule has 1 unspecified atom stereocenters. The molecule has 6 nitrogen and oxygen atoms in total. The van der Waals surface area contributed by atoms with Gasteiger partial charge >= 0.3 is 0 Å². The summed E-state index contributed by atoms with van der Waals surface area (Å²) in [5, 5.41) is 6.51. The number of benzene rings is 1. The second-order valence-electron chi connectivity index (χ2n) is 7.07. The van der Waals surface area contributed by atoms with E-state index in [0.29, 0.717) is 29.7 Å². The van der Waals surface area contributed by atoms with Gasteiger partial charge in [-0.25, -0.2) is 12.8 Å². The van der Waals surface area contributed by atoms with E-state index in [1.54, 1.807) is 7.05 Å². The molecule has 9 heteroatoms. The summed E-state index contributed by atoms with van der Waals surface area (Å²) in [7, 11) is -1.50. The fourth-order valence-corrected chi connectivity index (χ4v) is 4.35. The Hall–Kier alpha value is -0.940. The quantitative estimate of drug-likeness (QED) is 0.325. The van der Waals surface area contributed by atoms with Crippen LogP contribution in [0.2, 0.25) is 0 Å². The molecule has 1 fully saturated rings. The molecule has 0 aromatic heterocycles. The van der Waals surface area contributed by atoms with Gasteiger partial charge in [-0.15, -0.1) is 24.0 Å². The SMILES string of the molecule is CCN1CCCCC1CNC(=NC)NCc1cc(F)ccc1CS(C)(=O)=O.I. The van der Waals surface area contributed by atoms with Crippen LogP contribution in [-0.2, 0) is 22.1 Å². The lowest BCUT2D eigenvalue weighted by Crippen LogP contribution is -2.48. The first kappa shape index (κ1) is 25.1. The minimum atomic E-state index is -3.19. The molecule has 1 aliphatic heterocycles. The predicted octanol–water partition coefficient (Wildman–Crippen LogP) is 2.53. The van der Waals surface area contributed by atoms with Crippen LogP contribution in [0.5, 0.6) is 0 Å². The van der Waals surface area contributed by atoms with Gasteiger partial charge in [0.1, 0.15) is 5.82 Å². The molecule has 2 rings (SSSR count). The topological polar surface area (TPSA) is 73.8 Å². The molecule has 1 aliphatic rings. The number of nitrogens with one attached hydrogen (secondary N) is 2. The Balaban J connectivity index is 0.00000392. The Kier molecular flexibility index (Phi) is 10.7. The van der Waals surface area contributed by atoms with Crippen molar-refractivity contribution in [2.45, 2.75) is 44.5 Å². The van der Waals surface area contributed by atoms with Crippen molar-refractivity contribution in [3.63, 3.8) is 0 Å². The Morgan fingerprint density at radius 1 is 1.29 bits per heavy atom. The number of hydrogen-bond donors (Lipinski definition) is 2. The van der Waals surface area contributed by atoms with Gasteiger partial charge in [0.2, 0.25) is 0 Å². The molecule has 0 saturated carbocycles. The highest BCUT2D eigenvalue weighted by molar-refractivity contribution is 14.0. The number of hydrogen-bond acceptors (Lipinski definition) is 4. The first-order chi connectivity index (χ1) is 12.8. The van der Waals surface area contributed by atoms with Crippen molar-refractivity contribution in [2.75, 3.05) is 32.9 Å². The third kappa shape index (κ3) is 8.20. The Bertz CT molecular complexity index is 758. The lowest BCUT2D eigenvalue weighted by molar-refractivity contribution is 0.157. The van der Waals surface area contributed by atoms with Crippen molar-refractivity contribution in [3.8, 4) is 0 Å². The normalized spacial score (nSPS) is 18.4. The van der Waals surface area contributed by atoms with E-state index in [9.17, 15) is 12.8 Å². The van der Waals surface area contributed by atoms with Crippen LogP contribution in [0.1, 0.15) is 37.3 Å². The maximum atomic E-state index is 13.6. The molecule has 28 heavy (non-hydrogen) atoms. The van der Waals surface area contributed by atoms with Gasteiger partial charge in [0.25, 0.3) is 0 Å². The fraction of sp³-hybridized carbons (Fsp3) is 0.632. The van der Waals surface area contributed by atoms with Crippen LogP contribution in [-0.4, -0.2) is 58.3 Å². The number of nitrogens with zero attached hydrogens (tertiary/aromatic N) is 2. The van der Waals surface area contributed by atoms with Crippen molar-refractivity contribution in [2.24, 2.45) is 4.99 Å². The molecule has 0 spiro atoms. The van der Waals surface area contributed by atoms with Crippen LogP contribution in [0.15, 0.2) is 23.2 Å². The smallest absolute Gasteiger partial charge is 0.191 e. The molecule has 0 radical (unpaired) electrons. The molecule has 1 saturated heterocycles. The van der Waals surface area contributed by atoms with Crippen LogP contribution in [0.25, 0.3) is 0 Å². The van der Waals surface area contributed by atoms with Gasteiger partial charge in [0, 0.05) is 32.4 Å². The number of aliphatic imine (C=N–C) groups is 1. The van der Waals surface area contributed by atoms with Gasteiger partial charge < -0.3 is 10.6 Å². The predicted molar refractivity (Wildman–Crippen MR) is 123 cm³/mol. The Labute approximate surface area is 185 Å². The van der Waals surface area contributed by atoms with Gasteiger partial charge in [-0.1, -0.05) is 19.4 Å². The number of sulfone groups is 1. The number of halogens is 2. The Morgan fingerprint density at radius 3 is 2.68 bits per heavy atom. The summed E-state index contributed by atoms with van der Waals surface area (Å²) in [4.78, 5) is 6.70. The zero-order chi connectivity index (χ0) is 19.9. The van der Waals surface area contributed by atoms with Crippen molar-refractivity contribution in [1.29, 1.82) is 0 Å². The van der Waals surface area contributed by atoms with E-state index >= 15 is 0 Å². The van der Waals surface area contributed by atoms with Crippen molar-refractivity contribution >= 4 is 39.8 Å². The van der Waals surface area contributed by atoms with Gasteiger partial charge in [-0.05, 0) is 49.2 Å². The molecular formula is C19H32FIN4O2S. The minimum absolute atomic E-state index is 0. The highest BCUT2D eigenvalue weighted by atomic mass is 127. The fourth-order valence-electron chi connectivity index (χ4n) is 3.50. The van der Waals surface area contributed by atoms with Crippen LogP contribution in [0.3, 0.4) is 0 Å². The maximum Gasteiger partial charge on any atom is 0.191 e. The average molecular weight is 526 g/mol. The number of piperidine rings is 1. The largest absolute Gasteiger partial charge is 0.355 e. The van der Waals surface area contributed by atoms with E-state index in [0.717, 1.165) is 19.6 Å². The molecule has 1 atom stereocenters. The molecule has 0 amide bonds. The summed E-state index contributed by atoms with van der Waals surface area (Å²) in [6.07, 6.45) is 4.84. The second-order valence-corrected chi connectivity index (χ2v) is 9.21. The van der Waals surface area contributed by atoms with Gasteiger partial charge in [-0.2, -0.15) is 0 Å². The van der Waals surface area contributed by atoms with Crippen LogP contribution < -0.4 is 10.6 Å². The Morgan fingerprint density at radius 2 is 2.04 bits per heavy atom. The van der Waals surface area contributed by atoms with E-state index in [4.69, 9.17) is 0 Å². The van der Waals surface area contributed by atoms with Crippen LogP contribution in [0.4, 0.5) is 4.39 Å². The highest BCUT2D eigenvalue weighted by Crippen LogP contribution is 2.16. The minimum Gasteiger partial charge on any atom is -0.355 e. The molecule has 0 aliphatic carbocycles. The molecule has 160 valence electrons. The zero-order valence-corrected chi connectivity index (χ0v) is 20.0. The van der Waals surface area contributed by atoms with E-state index in [2.05, 4.69) is 27.4 Å². The van der Waals surface area contributed by atoms with E-state index in [-0.39, 0.29) is 35.5 Å². The van der Waals surface area contributed by atoms with Crippen molar-refractivity contribution in [1.82, 2.24) is 15.5 Å². The molecule has 1 aromatic rings. The lowest BCUT2D eigenvalue weighted by atomic mass is 10.0.